The van der Waals surface area contributed by atoms with E-state index in [1.54, 1.807) is 0 Å². The van der Waals surface area contributed by atoms with E-state index in [4.69, 9.17) is 0 Å². The number of carbonyl (C=O) groups is 1. The van der Waals surface area contributed by atoms with Gasteiger partial charge >= 0.3 is 0 Å². The Hall–Kier alpha value is -0.400. The Morgan fingerprint density at radius 1 is 1.20 bits per heavy atom. The lowest BCUT2D eigenvalue weighted by Gasteiger charge is -2.10. The number of nitrogens with one attached hydrogen (secondary N) is 2. The first kappa shape index (κ1) is 17.7. The van der Waals surface area contributed by atoms with Crippen LogP contribution >= 0.6 is 47.8 Å². The minimum atomic E-state index is -0.184. The fraction of sp³-hybridized carbons (Fsp3) is 0.385. The summed E-state index contributed by atoms with van der Waals surface area (Å²) in [4.78, 5) is 11.7. The van der Waals surface area contributed by atoms with E-state index in [2.05, 4.69) is 63.6 Å². The highest BCUT2D eigenvalue weighted by Crippen LogP contribution is 2.32. The van der Waals surface area contributed by atoms with Gasteiger partial charge in [0, 0.05) is 19.1 Å². The number of amides is 1. The zero-order valence-electron chi connectivity index (χ0n) is 11.4. The molecule has 0 unspecified atom stereocenters. The van der Waals surface area contributed by atoms with Gasteiger partial charge < -0.3 is 5.32 Å². The molecule has 0 aliphatic carbocycles. The molecule has 0 aromatic heterocycles. The van der Waals surface area contributed by atoms with Crippen LogP contribution in [0.15, 0.2) is 30.7 Å². The van der Waals surface area contributed by atoms with Gasteiger partial charge in [0.15, 0.2) is 0 Å². The average molecular weight is 470 g/mol. The number of rotatable bonds is 5. The smallest absolute Gasteiger partial charge is 0.259 e. The number of nitrogens with zero attached hydrogens (tertiary/aromatic N) is 1. The molecule has 110 valence electrons. The third-order valence-corrected chi connectivity index (χ3v) is 5.14. The third-order valence-electron chi connectivity index (χ3n) is 2.64. The predicted octanol–water partition coefficient (Wildman–Crippen LogP) is 4.53. The van der Waals surface area contributed by atoms with Crippen LogP contribution in [0, 0.1) is 5.92 Å². The van der Waals surface area contributed by atoms with Gasteiger partial charge in [0.25, 0.3) is 5.91 Å². The van der Waals surface area contributed by atoms with Crippen molar-refractivity contribution in [3.8, 4) is 0 Å². The molecule has 0 bridgehead atoms. The van der Waals surface area contributed by atoms with Crippen LogP contribution in [0.4, 0.5) is 5.69 Å². The van der Waals surface area contributed by atoms with Crippen LogP contribution in [0.25, 0.3) is 0 Å². The van der Waals surface area contributed by atoms with Crippen molar-refractivity contribution < 1.29 is 4.79 Å². The maximum Gasteiger partial charge on any atom is 0.259 e. The van der Waals surface area contributed by atoms with Gasteiger partial charge in [0.1, 0.15) is 0 Å². The molecule has 1 rings (SSSR count). The molecule has 1 amide bonds. The first-order valence-electron chi connectivity index (χ1n) is 6.02. The predicted molar refractivity (Wildman–Crippen MR) is 94.1 cm³/mol. The van der Waals surface area contributed by atoms with Gasteiger partial charge in [-0.15, -0.1) is 0 Å². The van der Waals surface area contributed by atoms with E-state index in [1.807, 2.05) is 32.9 Å². The summed E-state index contributed by atoms with van der Waals surface area (Å²) in [5.41, 5.74) is 4.26. The summed E-state index contributed by atoms with van der Waals surface area (Å²) in [6, 6.07) is 3.80. The second kappa shape index (κ2) is 8.14. The van der Waals surface area contributed by atoms with E-state index in [-0.39, 0.29) is 12.5 Å². The maximum absolute atomic E-state index is 11.7. The second-order valence-corrected chi connectivity index (χ2v) is 7.11. The van der Waals surface area contributed by atoms with Crippen molar-refractivity contribution >= 4 is 65.1 Å². The Kier molecular flexibility index (Phi) is 7.19. The van der Waals surface area contributed by atoms with Gasteiger partial charge in [-0.3, -0.25) is 4.79 Å². The van der Waals surface area contributed by atoms with Gasteiger partial charge in [-0.2, -0.15) is 5.10 Å². The number of benzene rings is 1. The van der Waals surface area contributed by atoms with E-state index < -0.39 is 0 Å². The topological polar surface area (TPSA) is 53.5 Å². The standard InChI is InChI=1S/C13H16Br3N3O/c1-7(2)8(3)18-19-13(20)6-17-12-5-10(15)9(14)4-11(12)16/h4-5,7,17H,6H2,1-3H3,(H,19,20)/b18-8-. The summed E-state index contributed by atoms with van der Waals surface area (Å²) in [7, 11) is 0. The Bertz CT molecular complexity index is 530. The van der Waals surface area contributed by atoms with E-state index in [9.17, 15) is 4.79 Å². The van der Waals surface area contributed by atoms with Crippen LogP contribution in [0.3, 0.4) is 0 Å². The average Bonchev–Trinajstić information content (AvgIpc) is 2.38. The van der Waals surface area contributed by atoms with Crippen LogP contribution in [0.2, 0.25) is 0 Å². The molecule has 7 heteroatoms. The van der Waals surface area contributed by atoms with Crippen LogP contribution in [0.5, 0.6) is 0 Å². The second-order valence-electron chi connectivity index (χ2n) is 4.54. The van der Waals surface area contributed by atoms with Crippen molar-refractivity contribution in [2.45, 2.75) is 20.8 Å². The Morgan fingerprint density at radius 3 is 2.40 bits per heavy atom. The van der Waals surface area contributed by atoms with Gasteiger partial charge in [0.05, 0.1) is 12.2 Å². The molecule has 1 aromatic rings. The molecule has 0 aliphatic heterocycles. The van der Waals surface area contributed by atoms with Crippen LogP contribution in [-0.4, -0.2) is 18.2 Å². The highest BCUT2D eigenvalue weighted by atomic mass is 79.9. The summed E-state index contributed by atoms with van der Waals surface area (Å²) in [6.45, 7) is 6.10. The lowest BCUT2D eigenvalue weighted by molar-refractivity contribution is -0.119. The van der Waals surface area contributed by atoms with E-state index >= 15 is 0 Å². The molecule has 0 fully saturated rings. The van der Waals surface area contributed by atoms with Crippen molar-refractivity contribution in [3.63, 3.8) is 0 Å². The van der Waals surface area contributed by atoms with Gasteiger partial charge in [0.2, 0.25) is 0 Å². The number of hydrazone groups is 1. The minimum Gasteiger partial charge on any atom is -0.375 e. The summed E-state index contributed by atoms with van der Waals surface area (Å²) in [5, 5.41) is 7.09. The van der Waals surface area contributed by atoms with E-state index in [0.29, 0.717) is 5.92 Å². The highest BCUT2D eigenvalue weighted by Gasteiger charge is 2.07. The largest absolute Gasteiger partial charge is 0.375 e. The number of hydrogen-bond donors (Lipinski definition) is 2. The monoisotopic (exact) mass is 467 g/mol. The highest BCUT2D eigenvalue weighted by molar-refractivity contribution is 9.13. The van der Waals surface area contributed by atoms with E-state index in [1.165, 1.54) is 0 Å². The summed E-state index contributed by atoms with van der Waals surface area (Å²) >= 11 is 10.3. The zero-order chi connectivity index (χ0) is 15.3. The van der Waals surface area contributed by atoms with Crippen molar-refractivity contribution in [2.75, 3.05) is 11.9 Å². The summed E-state index contributed by atoms with van der Waals surface area (Å²) < 4.78 is 2.73. The molecule has 0 heterocycles. The molecule has 2 N–H and O–H groups in total. The number of anilines is 1. The lowest BCUT2D eigenvalue weighted by atomic mass is 10.1. The van der Waals surface area contributed by atoms with Crippen LogP contribution < -0.4 is 10.7 Å². The molecule has 4 nitrogen and oxygen atoms in total. The Morgan fingerprint density at radius 2 is 1.80 bits per heavy atom. The van der Waals surface area contributed by atoms with E-state index in [0.717, 1.165) is 24.8 Å². The summed E-state index contributed by atoms with van der Waals surface area (Å²) in [6.07, 6.45) is 0. The molecule has 0 radical (unpaired) electrons. The SMILES string of the molecule is C/C(=N/NC(=O)CNc1cc(Br)c(Br)cc1Br)C(C)C. The molecule has 0 spiro atoms. The Labute approximate surface area is 144 Å². The molecule has 0 saturated carbocycles. The van der Waals surface area contributed by atoms with Crippen molar-refractivity contribution in [1.82, 2.24) is 5.43 Å². The molecule has 0 aliphatic rings. The fourth-order valence-corrected chi connectivity index (χ4v) is 2.63. The third kappa shape index (κ3) is 5.54. The number of carbonyl (C=O) groups excluding carboxylic acids is 1. The lowest BCUT2D eigenvalue weighted by Crippen LogP contribution is -2.27. The molecular formula is C13H16Br3N3O. The quantitative estimate of drug-likeness (QED) is 0.378. The normalized spacial score (nSPS) is 11.7. The van der Waals surface area contributed by atoms with Crippen LogP contribution in [-0.2, 0) is 4.79 Å². The van der Waals surface area contributed by atoms with Crippen LogP contribution in [0.1, 0.15) is 20.8 Å². The first-order valence-corrected chi connectivity index (χ1v) is 8.40. The molecular weight excluding hydrogens is 454 g/mol. The fourth-order valence-electron chi connectivity index (χ4n) is 1.15. The van der Waals surface area contributed by atoms with Crippen molar-refractivity contribution in [3.05, 3.63) is 25.6 Å². The molecule has 20 heavy (non-hydrogen) atoms. The number of halogens is 3. The van der Waals surface area contributed by atoms with Gasteiger partial charge in [-0.1, -0.05) is 13.8 Å². The van der Waals surface area contributed by atoms with Gasteiger partial charge in [-0.05, 0) is 72.8 Å². The number of hydrogen-bond acceptors (Lipinski definition) is 3. The minimum absolute atomic E-state index is 0.154. The first-order chi connectivity index (χ1) is 9.31. The zero-order valence-corrected chi connectivity index (χ0v) is 16.2. The van der Waals surface area contributed by atoms with Crippen molar-refractivity contribution in [2.24, 2.45) is 11.0 Å². The summed E-state index contributed by atoms with van der Waals surface area (Å²) in [5.74, 6) is 0.135. The van der Waals surface area contributed by atoms with Crippen molar-refractivity contribution in [1.29, 1.82) is 0 Å². The van der Waals surface area contributed by atoms with Gasteiger partial charge in [-0.25, -0.2) is 5.43 Å². The molecule has 1 aromatic carbocycles. The molecule has 0 atom stereocenters. The maximum atomic E-state index is 11.7. The Balaban J connectivity index is 2.58. The molecule has 0 saturated heterocycles.